The number of carbonyl (C=O) groups excluding carboxylic acids is 1. The van der Waals surface area contributed by atoms with Gasteiger partial charge in [-0.25, -0.2) is 19.7 Å². The fraction of sp³-hybridized carbons (Fsp3) is 0.484. The Kier molecular flexibility index (Phi) is 6.97. The van der Waals surface area contributed by atoms with Gasteiger partial charge in [-0.3, -0.25) is 0 Å². The Hall–Kier alpha value is -3.92. The zero-order valence-electron chi connectivity index (χ0n) is 24.6. The van der Waals surface area contributed by atoms with Crippen LogP contribution in [0, 0.1) is 13.8 Å². The largest absolute Gasteiger partial charge is 0.466 e. The van der Waals surface area contributed by atoms with E-state index in [0.29, 0.717) is 17.2 Å². The molecule has 1 saturated heterocycles. The van der Waals surface area contributed by atoms with Gasteiger partial charge in [0.15, 0.2) is 18.3 Å². The lowest BCUT2D eigenvalue weighted by Crippen LogP contribution is -2.46. The first-order valence-corrected chi connectivity index (χ1v) is 14.2. The molecule has 4 heterocycles. The van der Waals surface area contributed by atoms with Crippen LogP contribution in [0.4, 0.5) is 10.6 Å². The van der Waals surface area contributed by atoms with Crippen molar-refractivity contribution in [3.8, 4) is 17.0 Å². The summed E-state index contributed by atoms with van der Waals surface area (Å²) in [7, 11) is 1.59. The molecular formula is C31H37N5O5. The molecule has 10 heteroatoms. The van der Waals surface area contributed by atoms with Crippen LogP contribution in [0.2, 0.25) is 0 Å². The number of aromatic nitrogens is 3. The minimum Gasteiger partial charge on any atom is -0.466 e. The Morgan fingerprint density at radius 2 is 1.93 bits per heavy atom. The van der Waals surface area contributed by atoms with Gasteiger partial charge in [0.05, 0.1) is 23.4 Å². The second-order valence-corrected chi connectivity index (χ2v) is 11.9. The highest BCUT2D eigenvalue weighted by Crippen LogP contribution is 2.39. The van der Waals surface area contributed by atoms with Crippen LogP contribution in [0.5, 0.6) is 5.75 Å². The lowest BCUT2D eigenvalue weighted by atomic mass is 10.0. The first kappa shape index (κ1) is 27.3. The molecule has 1 aromatic carbocycles. The molecule has 0 radical (unpaired) electrons. The van der Waals surface area contributed by atoms with E-state index in [1.54, 1.807) is 7.11 Å². The Balaban J connectivity index is 1.26. The number of methoxy groups -OCH3 is 1. The van der Waals surface area contributed by atoms with E-state index in [-0.39, 0.29) is 25.0 Å². The van der Waals surface area contributed by atoms with Crippen molar-refractivity contribution in [2.75, 3.05) is 31.9 Å². The number of amides is 1. The number of ether oxygens (including phenoxy) is 3. The number of rotatable bonds is 7. The number of hydrogen-bond acceptors (Lipinski definition) is 9. The maximum Gasteiger partial charge on any atom is 0.410 e. The SMILES string of the molecule is COCOc1c(-c2ccc3cc(N4CC[C@H](N(C(=O)OC(C)(C)C)C5CC5)C4)ncc3n2)cc2oc(C)nc2c1C. The van der Waals surface area contributed by atoms with Crippen LogP contribution in [0.15, 0.2) is 34.9 Å². The van der Waals surface area contributed by atoms with E-state index in [1.165, 1.54) is 0 Å². The summed E-state index contributed by atoms with van der Waals surface area (Å²) < 4.78 is 22.7. The molecule has 1 aliphatic heterocycles. The number of pyridine rings is 2. The first-order valence-electron chi connectivity index (χ1n) is 14.2. The molecule has 0 spiro atoms. The topological polar surface area (TPSA) is 103 Å². The van der Waals surface area contributed by atoms with Gasteiger partial charge in [-0.2, -0.15) is 0 Å². The van der Waals surface area contributed by atoms with E-state index < -0.39 is 5.60 Å². The average Bonchev–Trinajstić information content (AvgIpc) is 3.49. The zero-order chi connectivity index (χ0) is 28.9. The maximum absolute atomic E-state index is 13.0. The van der Waals surface area contributed by atoms with Gasteiger partial charge in [-0.05, 0) is 65.2 Å². The molecule has 2 fully saturated rings. The number of fused-ring (bicyclic) bond motifs is 2. The molecule has 0 bridgehead atoms. The average molecular weight is 560 g/mol. The first-order chi connectivity index (χ1) is 19.6. The predicted molar refractivity (Wildman–Crippen MR) is 156 cm³/mol. The van der Waals surface area contributed by atoms with Gasteiger partial charge in [0, 0.05) is 49.7 Å². The van der Waals surface area contributed by atoms with E-state index in [4.69, 9.17) is 28.6 Å². The number of carbonyl (C=O) groups is 1. The van der Waals surface area contributed by atoms with E-state index in [9.17, 15) is 4.79 Å². The maximum atomic E-state index is 13.0. The smallest absolute Gasteiger partial charge is 0.410 e. The molecule has 2 aliphatic rings. The lowest BCUT2D eigenvalue weighted by molar-refractivity contribution is 0.0158. The van der Waals surface area contributed by atoms with Gasteiger partial charge in [0.2, 0.25) is 0 Å². The Morgan fingerprint density at radius 3 is 2.66 bits per heavy atom. The molecule has 4 aromatic rings. The molecule has 216 valence electrons. The normalized spacial score (nSPS) is 17.4. The summed E-state index contributed by atoms with van der Waals surface area (Å²) in [6.07, 6.45) is 4.57. The molecule has 1 amide bonds. The summed E-state index contributed by atoms with van der Waals surface area (Å²) in [4.78, 5) is 31.5. The third-order valence-corrected chi connectivity index (χ3v) is 7.56. The summed E-state index contributed by atoms with van der Waals surface area (Å²) >= 11 is 0. The number of oxazole rings is 1. The van der Waals surface area contributed by atoms with Crippen LogP contribution in [0.3, 0.4) is 0 Å². The molecule has 1 atom stereocenters. The third kappa shape index (κ3) is 5.53. The number of nitrogens with zero attached hydrogens (tertiary/aromatic N) is 5. The number of hydrogen-bond donors (Lipinski definition) is 0. The molecule has 1 saturated carbocycles. The Morgan fingerprint density at radius 1 is 1.12 bits per heavy atom. The minimum absolute atomic E-state index is 0.109. The molecular weight excluding hydrogens is 522 g/mol. The number of aryl methyl sites for hydroxylation is 2. The monoisotopic (exact) mass is 559 g/mol. The number of anilines is 1. The van der Waals surface area contributed by atoms with Gasteiger partial charge in [0.25, 0.3) is 0 Å². The summed E-state index contributed by atoms with van der Waals surface area (Å²) in [5, 5.41) is 0.987. The molecule has 0 unspecified atom stereocenters. The van der Waals surface area contributed by atoms with Crippen molar-refractivity contribution >= 4 is 33.9 Å². The molecule has 10 nitrogen and oxygen atoms in total. The van der Waals surface area contributed by atoms with Gasteiger partial charge < -0.3 is 28.4 Å². The van der Waals surface area contributed by atoms with Crippen molar-refractivity contribution in [1.82, 2.24) is 19.9 Å². The predicted octanol–water partition coefficient (Wildman–Crippen LogP) is 6.02. The lowest BCUT2D eigenvalue weighted by Gasteiger charge is -2.31. The fourth-order valence-corrected chi connectivity index (χ4v) is 5.59. The highest BCUT2D eigenvalue weighted by molar-refractivity contribution is 5.90. The fourth-order valence-electron chi connectivity index (χ4n) is 5.59. The van der Waals surface area contributed by atoms with Crippen LogP contribution in [0.25, 0.3) is 33.3 Å². The third-order valence-electron chi connectivity index (χ3n) is 7.56. The van der Waals surface area contributed by atoms with Crippen molar-refractivity contribution in [3.05, 3.63) is 41.9 Å². The Labute approximate surface area is 239 Å². The van der Waals surface area contributed by atoms with E-state index in [2.05, 4.69) is 22.0 Å². The summed E-state index contributed by atoms with van der Waals surface area (Å²) in [5.41, 5.74) is 4.14. The molecule has 6 rings (SSSR count). The van der Waals surface area contributed by atoms with Crippen molar-refractivity contribution < 1.29 is 23.4 Å². The van der Waals surface area contributed by atoms with Crippen LogP contribution in [0.1, 0.15) is 51.5 Å². The van der Waals surface area contributed by atoms with Gasteiger partial charge in [0.1, 0.15) is 22.7 Å². The van der Waals surface area contributed by atoms with Crippen LogP contribution in [-0.4, -0.2) is 70.6 Å². The second kappa shape index (κ2) is 10.5. The quantitative estimate of drug-likeness (QED) is 0.252. The molecule has 0 N–H and O–H groups in total. The van der Waals surface area contributed by atoms with Crippen molar-refractivity contribution in [3.63, 3.8) is 0 Å². The van der Waals surface area contributed by atoms with Gasteiger partial charge in [-0.1, -0.05) is 6.07 Å². The van der Waals surface area contributed by atoms with Crippen LogP contribution >= 0.6 is 0 Å². The molecule has 3 aromatic heterocycles. The van der Waals surface area contributed by atoms with Crippen molar-refractivity contribution in [2.45, 2.75) is 71.6 Å². The van der Waals surface area contributed by atoms with Crippen LogP contribution in [-0.2, 0) is 9.47 Å². The summed E-state index contributed by atoms with van der Waals surface area (Å²) in [6.45, 7) is 11.2. The molecule has 1 aliphatic carbocycles. The van der Waals surface area contributed by atoms with E-state index in [1.807, 2.05) is 57.8 Å². The van der Waals surface area contributed by atoms with Crippen molar-refractivity contribution in [2.24, 2.45) is 0 Å². The summed E-state index contributed by atoms with van der Waals surface area (Å²) in [5.74, 6) is 2.14. The minimum atomic E-state index is -0.511. The molecule has 41 heavy (non-hydrogen) atoms. The van der Waals surface area contributed by atoms with Crippen LogP contribution < -0.4 is 9.64 Å². The summed E-state index contributed by atoms with van der Waals surface area (Å²) in [6, 6.07) is 8.42. The zero-order valence-corrected chi connectivity index (χ0v) is 24.6. The highest BCUT2D eigenvalue weighted by Gasteiger charge is 2.42. The standard InChI is InChI=1S/C31H37N5O5/c1-18-28-26(40-19(2)33-28)14-23(29(18)39-17-38-6)24-10-7-20-13-27(32-15-25(20)34-24)35-12-11-22(16-35)36(21-8-9-21)30(37)41-31(3,4)5/h7,10,13-15,21-22H,8-9,11-12,16-17H2,1-6H3/t22-/m0/s1. The second-order valence-electron chi connectivity index (χ2n) is 11.9. The number of benzene rings is 1. The van der Waals surface area contributed by atoms with Gasteiger partial charge in [-0.15, -0.1) is 0 Å². The van der Waals surface area contributed by atoms with E-state index >= 15 is 0 Å². The highest BCUT2D eigenvalue weighted by atomic mass is 16.7. The van der Waals surface area contributed by atoms with Gasteiger partial charge >= 0.3 is 6.09 Å². The van der Waals surface area contributed by atoms with Crippen molar-refractivity contribution in [1.29, 1.82) is 0 Å². The van der Waals surface area contributed by atoms with E-state index in [0.717, 1.165) is 71.4 Å². The Bertz CT molecular complexity index is 1610.